The summed E-state index contributed by atoms with van der Waals surface area (Å²) in [5, 5.41) is 32.6. The van der Waals surface area contributed by atoms with E-state index in [0.717, 1.165) is 12.2 Å². The minimum atomic E-state index is -2.43. The van der Waals surface area contributed by atoms with Crippen molar-refractivity contribution in [3.8, 4) is 23.0 Å². The maximum atomic E-state index is 14.1. The van der Waals surface area contributed by atoms with E-state index in [1.54, 1.807) is 41.5 Å². The number of ketones is 1. The number of aryl methyl sites for hydroxylation is 1. The number of benzene rings is 3. The van der Waals surface area contributed by atoms with E-state index >= 15 is 0 Å². The summed E-state index contributed by atoms with van der Waals surface area (Å²) in [6.45, 7) is 15.6. The molecule has 302 valence electrons. The number of carbonyl (C=O) groups excluding carboxylic acids is 4. The molecule has 13 nitrogen and oxygen atoms in total. The highest BCUT2D eigenvalue weighted by Crippen LogP contribution is 2.45. The molecule has 0 radical (unpaired) electrons. The number of aliphatic hydroxyl groups is 1. The number of hydrogen-bond donors (Lipinski definition) is 3. The molecule has 14 heteroatoms. The SMILES string of the molecule is COC1=CC(=O)C=C(C)[C@]1(O)C(=O)Oc1c(C)c(C)c(C(=O)Oc2cc(C)c(C(=O)Oc3c(C)c(C)c(C(=O)O)c(C)c3C3CCOCC3)c(C)c2C)c(O)c1Br. The highest BCUT2D eigenvalue weighted by molar-refractivity contribution is 9.10. The van der Waals surface area contributed by atoms with E-state index in [-0.39, 0.29) is 61.0 Å². The molecule has 0 amide bonds. The lowest BCUT2D eigenvalue weighted by Gasteiger charge is -2.30. The number of rotatable bonds is 9. The first-order valence-electron chi connectivity index (χ1n) is 18.1. The van der Waals surface area contributed by atoms with Crippen molar-refractivity contribution in [3.05, 3.63) is 101 Å². The number of aromatic hydroxyl groups is 1. The van der Waals surface area contributed by atoms with Gasteiger partial charge in [0.2, 0.25) is 5.60 Å². The number of allylic oxidation sites excluding steroid dienone is 2. The molecule has 1 atom stereocenters. The number of phenolic OH excluding ortho intramolecular Hbond substituents is 1. The Balaban J connectivity index is 1.46. The van der Waals surface area contributed by atoms with Gasteiger partial charge in [-0.1, -0.05) is 0 Å². The molecule has 1 heterocycles. The number of aromatic carboxylic acids is 1. The summed E-state index contributed by atoms with van der Waals surface area (Å²) in [6, 6.07) is 1.52. The minimum Gasteiger partial charge on any atom is -0.506 e. The van der Waals surface area contributed by atoms with Gasteiger partial charge >= 0.3 is 23.9 Å². The molecule has 1 saturated heterocycles. The van der Waals surface area contributed by atoms with Crippen LogP contribution in [0.1, 0.15) is 107 Å². The van der Waals surface area contributed by atoms with Gasteiger partial charge in [-0.2, -0.15) is 0 Å². The van der Waals surface area contributed by atoms with E-state index in [0.29, 0.717) is 70.7 Å². The monoisotopic (exact) mass is 848 g/mol. The molecule has 1 fully saturated rings. The number of ether oxygens (including phenoxy) is 5. The van der Waals surface area contributed by atoms with Gasteiger partial charge in [-0.25, -0.2) is 19.2 Å². The van der Waals surface area contributed by atoms with Gasteiger partial charge in [0.05, 0.1) is 18.2 Å². The van der Waals surface area contributed by atoms with E-state index in [9.17, 15) is 39.3 Å². The van der Waals surface area contributed by atoms with Crippen LogP contribution in [0.3, 0.4) is 0 Å². The van der Waals surface area contributed by atoms with Gasteiger partial charge in [0.25, 0.3) is 0 Å². The average Bonchev–Trinajstić information content (AvgIpc) is 3.15. The first-order valence-corrected chi connectivity index (χ1v) is 18.9. The third-order valence-corrected chi connectivity index (χ3v) is 11.9. The Kier molecular flexibility index (Phi) is 12.2. The third kappa shape index (κ3) is 7.49. The van der Waals surface area contributed by atoms with Crippen LogP contribution in [0.5, 0.6) is 23.0 Å². The van der Waals surface area contributed by atoms with Crippen molar-refractivity contribution in [1.82, 2.24) is 0 Å². The lowest BCUT2D eigenvalue weighted by molar-refractivity contribution is -0.151. The lowest BCUT2D eigenvalue weighted by atomic mass is 9.82. The summed E-state index contributed by atoms with van der Waals surface area (Å²) in [7, 11) is 1.19. The van der Waals surface area contributed by atoms with Crippen molar-refractivity contribution >= 4 is 45.6 Å². The predicted molar refractivity (Wildman–Crippen MR) is 211 cm³/mol. The molecule has 57 heavy (non-hydrogen) atoms. The summed E-state index contributed by atoms with van der Waals surface area (Å²) in [6.07, 6.45) is 3.32. The van der Waals surface area contributed by atoms with Crippen LogP contribution in [0.2, 0.25) is 0 Å². The second kappa shape index (κ2) is 16.3. The van der Waals surface area contributed by atoms with Crippen LogP contribution in [-0.4, -0.2) is 70.9 Å². The Hall–Kier alpha value is -5.31. The molecule has 0 unspecified atom stereocenters. The number of carboxylic acid groups (broad SMARTS) is 1. The largest absolute Gasteiger partial charge is 0.506 e. The molecule has 0 spiro atoms. The van der Waals surface area contributed by atoms with Gasteiger partial charge in [-0.15, -0.1) is 0 Å². The van der Waals surface area contributed by atoms with Crippen LogP contribution in [0, 0.1) is 55.4 Å². The number of carbonyl (C=O) groups is 5. The van der Waals surface area contributed by atoms with E-state index < -0.39 is 41.0 Å². The quantitative estimate of drug-likeness (QED) is 0.143. The van der Waals surface area contributed by atoms with Crippen LogP contribution < -0.4 is 14.2 Å². The van der Waals surface area contributed by atoms with Crippen LogP contribution in [0.25, 0.3) is 0 Å². The highest BCUT2D eigenvalue weighted by atomic mass is 79.9. The average molecular weight is 850 g/mol. The Morgan fingerprint density at radius 1 is 0.754 bits per heavy atom. The second-order valence-electron chi connectivity index (χ2n) is 14.4. The lowest BCUT2D eigenvalue weighted by Crippen LogP contribution is -2.47. The summed E-state index contributed by atoms with van der Waals surface area (Å²) in [5.41, 5.74) is 1.78. The van der Waals surface area contributed by atoms with Gasteiger partial charge in [-0.05, 0) is 159 Å². The Bertz CT molecular complexity index is 2300. The summed E-state index contributed by atoms with van der Waals surface area (Å²) in [4.78, 5) is 65.6. The van der Waals surface area contributed by atoms with Crippen LogP contribution >= 0.6 is 15.9 Å². The van der Waals surface area contributed by atoms with Gasteiger partial charge in [0.15, 0.2) is 11.5 Å². The number of hydrogen-bond acceptors (Lipinski definition) is 12. The number of phenols is 1. The maximum absolute atomic E-state index is 14.1. The smallest absolute Gasteiger partial charge is 0.356 e. The molecule has 5 rings (SSSR count). The Morgan fingerprint density at radius 2 is 1.32 bits per heavy atom. The predicted octanol–water partition coefficient (Wildman–Crippen LogP) is 7.35. The highest BCUT2D eigenvalue weighted by Gasteiger charge is 2.48. The molecule has 3 N–H and O–H groups in total. The number of carboxylic acids is 1. The summed E-state index contributed by atoms with van der Waals surface area (Å²) >= 11 is 3.22. The normalized spacial score (nSPS) is 17.1. The van der Waals surface area contributed by atoms with Crippen molar-refractivity contribution in [3.63, 3.8) is 0 Å². The fraction of sp³-hybridized carbons (Fsp3) is 0.372. The summed E-state index contributed by atoms with van der Waals surface area (Å²) < 4.78 is 28.1. The Labute approximate surface area is 338 Å². The van der Waals surface area contributed by atoms with Crippen molar-refractivity contribution in [2.24, 2.45) is 0 Å². The molecule has 0 aromatic heterocycles. The van der Waals surface area contributed by atoms with E-state index in [4.69, 9.17) is 23.7 Å². The van der Waals surface area contributed by atoms with Gasteiger partial charge in [-0.3, -0.25) is 4.79 Å². The van der Waals surface area contributed by atoms with Crippen molar-refractivity contribution in [2.75, 3.05) is 20.3 Å². The zero-order valence-corrected chi connectivity index (χ0v) is 35.0. The summed E-state index contributed by atoms with van der Waals surface area (Å²) in [5.74, 6) is -5.15. The van der Waals surface area contributed by atoms with E-state index in [1.807, 2.05) is 0 Å². The van der Waals surface area contributed by atoms with Gasteiger partial charge in [0.1, 0.15) is 33.0 Å². The minimum absolute atomic E-state index is 0.0403. The van der Waals surface area contributed by atoms with E-state index in [1.165, 1.54) is 33.9 Å². The standard InChI is InChI=1S/C43H45BrO13/c1-18-15-29(20(3)21(4)31(18)40(49)56-37-24(7)22(5)32(39(47)48)26(9)33(37)27-11-13-54-14-12-27)55-41(50)34-23(6)25(8)38(35(44)36(34)46)57-42(51)43(52)19(2)16-28(45)17-30(43)53-10/h15-17,27,46,52H,11-14H2,1-10H3,(H,47,48)/t43-/m1/s1. The molecule has 0 saturated carbocycles. The van der Waals surface area contributed by atoms with Gasteiger partial charge in [0, 0.05) is 24.9 Å². The van der Waals surface area contributed by atoms with Crippen molar-refractivity contribution < 1.29 is 63.0 Å². The maximum Gasteiger partial charge on any atom is 0.356 e. The van der Waals surface area contributed by atoms with Crippen LogP contribution in [0.4, 0.5) is 0 Å². The molecule has 0 bridgehead atoms. The fourth-order valence-corrected chi connectivity index (χ4v) is 8.12. The molecule has 1 aliphatic carbocycles. The number of esters is 3. The molecular weight excluding hydrogens is 804 g/mol. The van der Waals surface area contributed by atoms with Crippen LogP contribution in [-0.2, 0) is 19.1 Å². The fourth-order valence-electron chi connectivity index (χ4n) is 7.55. The molecule has 3 aromatic carbocycles. The number of halogens is 1. The molecular formula is C43H45BrO13. The topological polar surface area (TPSA) is 192 Å². The molecule has 2 aliphatic rings. The zero-order chi connectivity index (χ0) is 42.4. The molecule has 1 aliphatic heterocycles. The second-order valence-corrected chi connectivity index (χ2v) is 15.2. The molecule has 3 aromatic rings. The van der Waals surface area contributed by atoms with Crippen LogP contribution in [0.15, 0.2) is 34.0 Å². The number of methoxy groups -OCH3 is 1. The van der Waals surface area contributed by atoms with Crippen molar-refractivity contribution in [2.45, 2.75) is 86.7 Å². The first-order chi connectivity index (χ1) is 26.7. The van der Waals surface area contributed by atoms with E-state index in [2.05, 4.69) is 15.9 Å². The third-order valence-electron chi connectivity index (χ3n) is 11.2. The first kappa shape index (κ1) is 42.8. The van der Waals surface area contributed by atoms with Gasteiger partial charge < -0.3 is 39.0 Å². The Morgan fingerprint density at radius 3 is 1.91 bits per heavy atom. The van der Waals surface area contributed by atoms with Crippen molar-refractivity contribution in [1.29, 1.82) is 0 Å². The zero-order valence-electron chi connectivity index (χ0n) is 33.4.